The fraction of sp³-hybridized carbons (Fsp3) is 0.500. The molecule has 5 heteroatoms. The Kier molecular flexibility index (Phi) is 5.60. The summed E-state index contributed by atoms with van der Waals surface area (Å²) in [6.45, 7) is 1.13. The van der Waals surface area contributed by atoms with Crippen molar-refractivity contribution in [2.24, 2.45) is 0 Å². The molecular weight excluding hydrogens is 270 g/mol. The number of para-hydroxylation sites is 1. The van der Waals surface area contributed by atoms with Gasteiger partial charge < -0.3 is 14.4 Å². The summed E-state index contributed by atoms with van der Waals surface area (Å²) in [6, 6.07) is 9.11. The SMILES string of the molecule is COC(=O)[C@H]1CCCN1C(=O)CCCOc1ccccc1. The van der Waals surface area contributed by atoms with Crippen molar-refractivity contribution in [1.29, 1.82) is 0 Å². The predicted molar refractivity (Wildman–Crippen MR) is 77.9 cm³/mol. The molecule has 0 unspecified atom stereocenters. The zero-order valence-corrected chi connectivity index (χ0v) is 12.3. The monoisotopic (exact) mass is 291 g/mol. The van der Waals surface area contributed by atoms with Gasteiger partial charge in [0.05, 0.1) is 13.7 Å². The van der Waals surface area contributed by atoms with Gasteiger partial charge in [0.15, 0.2) is 0 Å². The standard InChI is InChI=1S/C16H21NO4/c1-20-16(19)14-9-5-11-17(14)15(18)10-6-12-21-13-7-3-2-4-8-13/h2-4,7-8,14H,5-6,9-12H2,1H3/t14-/m1/s1. The van der Waals surface area contributed by atoms with Crippen molar-refractivity contribution in [3.05, 3.63) is 30.3 Å². The molecule has 0 aromatic heterocycles. The Morgan fingerprint density at radius 1 is 1.29 bits per heavy atom. The zero-order valence-electron chi connectivity index (χ0n) is 12.3. The molecular formula is C16H21NO4. The highest BCUT2D eigenvalue weighted by Crippen LogP contribution is 2.20. The van der Waals surface area contributed by atoms with Gasteiger partial charge in [0, 0.05) is 13.0 Å². The molecule has 1 aromatic rings. The van der Waals surface area contributed by atoms with E-state index in [0.29, 0.717) is 32.4 Å². The maximum atomic E-state index is 12.2. The Labute approximate surface area is 124 Å². The average Bonchev–Trinajstić information content (AvgIpc) is 3.01. The van der Waals surface area contributed by atoms with E-state index in [1.807, 2.05) is 30.3 Å². The van der Waals surface area contributed by atoms with Gasteiger partial charge >= 0.3 is 5.97 Å². The molecule has 0 aliphatic carbocycles. The summed E-state index contributed by atoms with van der Waals surface area (Å²) in [5.74, 6) is 0.486. The van der Waals surface area contributed by atoms with E-state index in [0.717, 1.165) is 12.2 Å². The van der Waals surface area contributed by atoms with E-state index >= 15 is 0 Å². The lowest BCUT2D eigenvalue weighted by atomic mass is 10.2. The van der Waals surface area contributed by atoms with Crippen LogP contribution in [-0.4, -0.2) is 43.1 Å². The van der Waals surface area contributed by atoms with E-state index in [1.165, 1.54) is 7.11 Å². The van der Waals surface area contributed by atoms with Crippen molar-refractivity contribution < 1.29 is 19.1 Å². The molecule has 0 spiro atoms. The van der Waals surface area contributed by atoms with E-state index in [9.17, 15) is 9.59 Å². The van der Waals surface area contributed by atoms with Crippen molar-refractivity contribution in [2.75, 3.05) is 20.3 Å². The zero-order chi connectivity index (χ0) is 15.1. The van der Waals surface area contributed by atoms with Crippen LogP contribution in [-0.2, 0) is 14.3 Å². The van der Waals surface area contributed by atoms with Crippen LogP contribution in [0.25, 0.3) is 0 Å². The second-order valence-corrected chi connectivity index (χ2v) is 5.03. The third-order valence-electron chi connectivity index (χ3n) is 3.59. The summed E-state index contributed by atoms with van der Waals surface area (Å²) >= 11 is 0. The predicted octanol–water partition coefficient (Wildman–Crippen LogP) is 2.01. The average molecular weight is 291 g/mol. The second-order valence-electron chi connectivity index (χ2n) is 5.03. The molecule has 1 aliphatic heterocycles. The van der Waals surface area contributed by atoms with Crippen LogP contribution in [0.3, 0.4) is 0 Å². The van der Waals surface area contributed by atoms with E-state index < -0.39 is 6.04 Å². The molecule has 1 amide bonds. The van der Waals surface area contributed by atoms with Crippen LogP contribution in [0.5, 0.6) is 5.75 Å². The number of carbonyl (C=O) groups excluding carboxylic acids is 2. The number of hydrogen-bond donors (Lipinski definition) is 0. The Balaban J connectivity index is 1.73. The summed E-state index contributed by atoms with van der Waals surface area (Å²) in [5, 5.41) is 0. The maximum Gasteiger partial charge on any atom is 0.328 e. The lowest BCUT2D eigenvalue weighted by molar-refractivity contribution is -0.151. The summed E-state index contributed by atoms with van der Waals surface area (Å²) in [5.41, 5.74) is 0. The van der Waals surface area contributed by atoms with Gasteiger partial charge in [-0.15, -0.1) is 0 Å². The number of rotatable bonds is 6. The summed E-state index contributed by atoms with van der Waals surface area (Å²) in [4.78, 5) is 25.4. The van der Waals surface area contributed by atoms with E-state index in [-0.39, 0.29) is 11.9 Å². The van der Waals surface area contributed by atoms with E-state index in [1.54, 1.807) is 4.90 Å². The number of nitrogens with zero attached hydrogens (tertiary/aromatic N) is 1. The Morgan fingerprint density at radius 3 is 2.76 bits per heavy atom. The highest BCUT2D eigenvalue weighted by atomic mass is 16.5. The number of likely N-dealkylation sites (tertiary alicyclic amines) is 1. The number of amides is 1. The third-order valence-corrected chi connectivity index (χ3v) is 3.59. The molecule has 0 radical (unpaired) electrons. The number of ether oxygens (including phenoxy) is 2. The van der Waals surface area contributed by atoms with Crippen LogP contribution in [0.15, 0.2) is 30.3 Å². The molecule has 2 rings (SSSR count). The van der Waals surface area contributed by atoms with Gasteiger partial charge in [0.25, 0.3) is 0 Å². The van der Waals surface area contributed by atoms with Crippen LogP contribution in [0.4, 0.5) is 0 Å². The van der Waals surface area contributed by atoms with E-state index in [2.05, 4.69) is 0 Å². The molecule has 1 heterocycles. The van der Waals surface area contributed by atoms with Crippen molar-refractivity contribution >= 4 is 11.9 Å². The van der Waals surface area contributed by atoms with Crippen LogP contribution in [0.1, 0.15) is 25.7 Å². The minimum absolute atomic E-state index is 0.000406. The topological polar surface area (TPSA) is 55.8 Å². The summed E-state index contributed by atoms with van der Waals surface area (Å²) < 4.78 is 10.3. The fourth-order valence-electron chi connectivity index (χ4n) is 2.52. The number of benzene rings is 1. The quantitative estimate of drug-likeness (QED) is 0.594. The van der Waals surface area contributed by atoms with Crippen LogP contribution < -0.4 is 4.74 Å². The molecule has 21 heavy (non-hydrogen) atoms. The highest BCUT2D eigenvalue weighted by molar-refractivity contribution is 5.85. The Morgan fingerprint density at radius 2 is 2.05 bits per heavy atom. The minimum atomic E-state index is -0.405. The first-order valence-electron chi connectivity index (χ1n) is 7.27. The van der Waals surface area contributed by atoms with Crippen molar-refractivity contribution in [3.63, 3.8) is 0 Å². The Hall–Kier alpha value is -2.04. The maximum absolute atomic E-state index is 12.2. The van der Waals surface area contributed by atoms with Gasteiger partial charge in [0.1, 0.15) is 11.8 Å². The molecule has 1 saturated heterocycles. The smallest absolute Gasteiger partial charge is 0.328 e. The number of carbonyl (C=O) groups is 2. The number of methoxy groups -OCH3 is 1. The first kappa shape index (κ1) is 15.4. The molecule has 1 aromatic carbocycles. The molecule has 1 aliphatic rings. The van der Waals surface area contributed by atoms with Crippen LogP contribution >= 0.6 is 0 Å². The first-order valence-corrected chi connectivity index (χ1v) is 7.27. The number of hydrogen-bond acceptors (Lipinski definition) is 4. The van der Waals surface area contributed by atoms with Crippen LogP contribution in [0, 0.1) is 0 Å². The van der Waals surface area contributed by atoms with Gasteiger partial charge in [-0.25, -0.2) is 4.79 Å². The van der Waals surface area contributed by atoms with E-state index in [4.69, 9.17) is 9.47 Å². The molecule has 1 fully saturated rings. The lowest BCUT2D eigenvalue weighted by Crippen LogP contribution is -2.41. The molecule has 1 atom stereocenters. The van der Waals surface area contributed by atoms with Crippen molar-refractivity contribution in [1.82, 2.24) is 4.90 Å². The summed E-state index contributed by atoms with van der Waals surface area (Å²) in [6.07, 6.45) is 2.57. The molecule has 0 N–H and O–H groups in total. The van der Waals surface area contributed by atoms with Gasteiger partial charge in [-0.3, -0.25) is 4.79 Å². The second kappa shape index (κ2) is 7.67. The molecule has 5 nitrogen and oxygen atoms in total. The van der Waals surface area contributed by atoms with Gasteiger partial charge in [0.2, 0.25) is 5.91 Å². The number of esters is 1. The molecule has 114 valence electrons. The fourth-order valence-corrected chi connectivity index (χ4v) is 2.52. The highest BCUT2D eigenvalue weighted by Gasteiger charge is 2.34. The normalized spacial score (nSPS) is 17.6. The van der Waals surface area contributed by atoms with Crippen molar-refractivity contribution in [3.8, 4) is 5.75 Å². The Bertz CT molecular complexity index is 474. The first-order chi connectivity index (χ1) is 10.2. The van der Waals surface area contributed by atoms with Gasteiger partial charge in [-0.05, 0) is 31.4 Å². The van der Waals surface area contributed by atoms with Gasteiger partial charge in [-0.1, -0.05) is 18.2 Å². The largest absolute Gasteiger partial charge is 0.494 e. The lowest BCUT2D eigenvalue weighted by Gasteiger charge is -2.22. The molecule has 0 saturated carbocycles. The van der Waals surface area contributed by atoms with Gasteiger partial charge in [-0.2, -0.15) is 0 Å². The minimum Gasteiger partial charge on any atom is -0.494 e. The van der Waals surface area contributed by atoms with Crippen LogP contribution in [0.2, 0.25) is 0 Å². The van der Waals surface area contributed by atoms with Crippen molar-refractivity contribution in [2.45, 2.75) is 31.7 Å². The molecule has 0 bridgehead atoms. The summed E-state index contributed by atoms with van der Waals surface area (Å²) in [7, 11) is 1.36. The third kappa shape index (κ3) is 4.21.